The molecule has 0 saturated heterocycles. The van der Waals surface area contributed by atoms with E-state index in [0.29, 0.717) is 0 Å². The highest BCUT2D eigenvalue weighted by molar-refractivity contribution is 5.65. The fraction of sp³-hybridized carbons (Fsp3) is 0.286. The van der Waals surface area contributed by atoms with Crippen LogP contribution in [0.15, 0.2) is 48.1 Å². The van der Waals surface area contributed by atoms with Crippen molar-refractivity contribution in [1.29, 1.82) is 0 Å². The molecule has 0 aliphatic heterocycles. The molecule has 1 aromatic rings. The summed E-state index contributed by atoms with van der Waals surface area (Å²) in [6, 6.07) is 7.73. The third kappa shape index (κ3) is 2.88. The van der Waals surface area contributed by atoms with Gasteiger partial charge < -0.3 is 11.2 Å². The molecule has 0 bridgehead atoms. The van der Waals surface area contributed by atoms with Crippen LogP contribution >= 0.6 is 0 Å². The first-order chi connectivity index (χ1) is 8.09. The second-order valence-electron chi connectivity index (χ2n) is 4.74. The summed E-state index contributed by atoms with van der Waals surface area (Å²) < 4.78 is 0. The molecule has 2 rings (SSSR count). The van der Waals surface area contributed by atoms with E-state index in [-0.39, 0.29) is 5.54 Å². The molecular weight excluding hydrogens is 210 g/mol. The van der Waals surface area contributed by atoms with Crippen LogP contribution in [0.25, 0.3) is 0 Å². The van der Waals surface area contributed by atoms with E-state index in [4.69, 9.17) is 5.73 Å². The van der Waals surface area contributed by atoms with Crippen LogP contribution in [0.5, 0.6) is 0 Å². The molecule has 0 radical (unpaired) electrons. The molecular formula is C14H19N3. The lowest BCUT2D eigenvalue weighted by Gasteiger charge is -2.30. The minimum absolute atomic E-state index is 0.0677. The van der Waals surface area contributed by atoms with Crippen molar-refractivity contribution in [3.05, 3.63) is 48.1 Å². The standard InChI is InChI=1S/C14H19N3/c1-11-7-9-14(2,10-8-11)17-16-13-6-4-3-5-12(13)15/h3-9,16-17H,10,15H2,1-2H3. The molecule has 4 N–H and O–H groups in total. The Hall–Kier alpha value is -1.74. The number of anilines is 2. The summed E-state index contributed by atoms with van der Waals surface area (Å²) in [6.07, 6.45) is 7.50. The molecule has 17 heavy (non-hydrogen) atoms. The number of rotatable bonds is 3. The largest absolute Gasteiger partial charge is 0.397 e. The van der Waals surface area contributed by atoms with Gasteiger partial charge in [0.15, 0.2) is 0 Å². The van der Waals surface area contributed by atoms with Gasteiger partial charge in [0.05, 0.1) is 16.9 Å². The Morgan fingerprint density at radius 1 is 1.29 bits per heavy atom. The SMILES string of the molecule is CC1=CCC(C)(NNc2ccccc2N)C=C1. The van der Waals surface area contributed by atoms with Crippen LogP contribution in [0, 0.1) is 0 Å². The summed E-state index contributed by atoms with van der Waals surface area (Å²) in [6.45, 7) is 4.26. The highest BCUT2D eigenvalue weighted by atomic mass is 15.4. The zero-order chi connectivity index (χ0) is 12.3. The fourth-order valence-electron chi connectivity index (χ4n) is 1.74. The molecule has 0 aromatic heterocycles. The first-order valence-corrected chi connectivity index (χ1v) is 5.83. The summed E-state index contributed by atoms with van der Waals surface area (Å²) in [5.41, 5.74) is 15.3. The number of nitrogens with one attached hydrogen (secondary N) is 2. The van der Waals surface area contributed by atoms with Gasteiger partial charge in [0, 0.05) is 0 Å². The molecule has 3 heteroatoms. The number of allylic oxidation sites excluding steroid dienone is 2. The van der Waals surface area contributed by atoms with Gasteiger partial charge in [0.1, 0.15) is 0 Å². The Bertz CT molecular complexity index is 462. The summed E-state index contributed by atoms with van der Waals surface area (Å²) in [4.78, 5) is 0. The average Bonchev–Trinajstić information content (AvgIpc) is 2.33. The van der Waals surface area contributed by atoms with Crippen molar-refractivity contribution in [2.45, 2.75) is 25.8 Å². The van der Waals surface area contributed by atoms with E-state index < -0.39 is 0 Å². The van der Waals surface area contributed by atoms with Crippen LogP contribution in [0.4, 0.5) is 11.4 Å². The van der Waals surface area contributed by atoms with Gasteiger partial charge in [0.25, 0.3) is 0 Å². The van der Waals surface area contributed by atoms with E-state index in [0.717, 1.165) is 17.8 Å². The summed E-state index contributed by atoms with van der Waals surface area (Å²) >= 11 is 0. The smallest absolute Gasteiger partial charge is 0.0718 e. The van der Waals surface area contributed by atoms with Gasteiger partial charge in [-0.2, -0.15) is 0 Å². The third-order valence-corrected chi connectivity index (χ3v) is 3.01. The number of hydrazine groups is 1. The fourth-order valence-corrected chi connectivity index (χ4v) is 1.74. The van der Waals surface area contributed by atoms with Crippen LogP contribution in [0.2, 0.25) is 0 Å². The Balaban J connectivity index is 2.00. The predicted molar refractivity (Wildman–Crippen MR) is 73.5 cm³/mol. The number of nitrogens with two attached hydrogens (primary N) is 1. The van der Waals surface area contributed by atoms with Crippen molar-refractivity contribution in [2.75, 3.05) is 11.2 Å². The molecule has 1 atom stereocenters. The molecule has 1 unspecified atom stereocenters. The summed E-state index contributed by atoms with van der Waals surface area (Å²) in [7, 11) is 0. The van der Waals surface area contributed by atoms with Gasteiger partial charge in [-0.25, -0.2) is 5.43 Å². The zero-order valence-corrected chi connectivity index (χ0v) is 10.3. The van der Waals surface area contributed by atoms with Crippen molar-refractivity contribution in [1.82, 2.24) is 5.43 Å². The second kappa shape index (κ2) is 4.63. The zero-order valence-electron chi connectivity index (χ0n) is 10.3. The Kier molecular flexibility index (Phi) is 3.20. The first kappa shape index (κ1) is 11.7. The van der Waals surface area contributed by atoms with E-state index in [1.807, 2.05) is 24.3 Å². The number of benzene rings is 1. The van der Waals surface area contributed by atoms with Crippen LogP contribution in [0.1, 0.15) is 20.3 Å². The van der Waals surface area contributed by atoms with E-state index in [9.17, 15) is 0 Å². The van der Waals surface area contributed by atoms with Crippen LogP contribution < -0.4 is 16.6 Å². The van der Waals surface area contributed by atoms with Crippen LogP contribution in [0.3, 0.4) is 0 Å². The Morgan fingerprint density at radius 2 is 2.06 bits per heavy atom. The maximum Gasteiger partial charge on any atom is 0.0718 e. The number of para-hydroxylation sites is 2. The normalized spacial score (nSPS) is 23.3. The molecule has 0 fully saturated rings. The molecule has 0 heterocycles. The number of nitrogen functional groups attached to an aromatic ring is 1. The maximum absolute atomic E-state index is 5.87. The molecule has 1 aromatic carbocycles. The second-order valence-corrected chi connectivity index (χ2v) is 4.74. The van der Waals surface area contributed by atoms with E-state index in [1.54, 1.807) is 0 Å². The molecule has 1 aliphatic carbocycles. The lowest BCUT2D eigenvalue weighted by molar-refractivity contribution is 0.476. The topological polar surface area (TPSA) is 50.1 Å². The van der Waals surface area contributed by atoms with E-state index >= 15 is 0 Å². The highest BCUT2D eigenvalue weighted by Crippen LogP contribution is 2.22. The van der Waals surface area contributed by atoms with Crippen LogP contribution in [-0.4, -0.2) is 5.54 Å². The lowest BCUT2D eigenvalue weighted by Crippen LogP contribution is -2.44. The van der Waals surface area contributed by atoms with Gasteiger partial charge in [-0.1, -0.05) is 35.9 Å². The van der Waals surface area contributed by atoms with Crippen molar-refractivity contribution >= 4 is 11.4 Å². The van der Waals surface area contributed by atoms with E-state index in [2.05, 4.69) is 42.9 Å². The average molecular weight is 229 g/mol. The first-order valence-electron chi connectivity index (χ1n) is 5.83. The van der Waals surface area contributed by atoms with Gasteiger partial charge >= 0.3 is 0 Å². The molecule has 1 aliphatic rings. The van der Waals surface area contributed by atoms with Gasteiger partial charge in [-0.05, 0) is 32.4 Å². The maximum atomic E-state index is 5.87. The highest BCUT2D eigenvalue weighted by Gasteiger charge is 2.21. The van der Waals surface area contributed by atoms with Crippen molar-refractivity contribution in [3.63, 3.8) is 0 Å². The predicted octanol–water partition coefficient (Wildman–Crippen LogP) is 2.85. The quantitative estimate of drug-likeness (QED) is 0.552. The number of hydrogen-bond donors (Lipinski definition) is 3. The van der Waals surface area contributed by atoms with Crippen molar-refractivity contribution in [2.24, 2.45) is 0 Å². The van der Waals surface area contributed by atoms with Crippen molar-refractivity contribution in [3.8, 4) is 0 Å². The summed E-state index contributed by atoms with van der Waals surface area (Å²) in [5.74, 6) is 0. The third-order valence-electron chi connectivity index (χ3n) is 3.01. The summed E-state index contributed by atoms with van der Waals surface area (Å²) in [5, 5.41) is 0. The lowest BCUT2D eigenvalue weighted by atomic mass is 9.92. The van der Waals surface area contributed by atoms with Gasteiger partial charge in [0.2, 0.25) is 0 Å². The molecule has 0 spiro atoms. The molecule has 0 amide bonds. The Morgan fingerprint density at radius 3 is 2.71 bits per heavy atom. The minimum atomic E-state index is -0.0677. The molecule has 3 nitrogen and oxygen atoms in total. The van der Waals surface area contributed by atoms with Gasteiger partial charge in [-0.3, -0.25) is 0 Å². The van der Waals surface area contributed by atoms with Crippen molar-refractivity contribution < 1.29 is 0 Å². The van der Waals surface area contributed by atoms with Gasteiger partial charge in [-0.15, -0.1) is 0 Å². The molecule has 90 valence electrons. The molecule has 0 saturated carbocycles. The number of hydrogen-bond acceptors (Lipinski definition) is 3. The Labute approximate surface area is 102 Å². The van der Waals surface area contributed by atoms with E-state index in [1.165, 1.54) is 5.57 Å². The minimum Gasteiger partial charge on any atom is -0.397 e. The monoisotopic (exact) mass is 229 g/mol. The van der Waals surface area contributed by atoms with Crippen LogP contribution in [-0.2, 0) is 0 Å².